The first-order chi connectivity index (χ1) is 30.5. The number of aliphatic hydroxyl groups excluding tert-OH is 1. The largest absolute Gasteiger partial charge is 0.472 e. The van der Waals surface area contributed by atoms with Gasteiger partial charge in [0.2, 0.25) is 5.91 Å². The van der Waals surface area contributed by atoms with E-state index in [1.54, 1.807) is 6.08 Å². The van der Waals surface area contributed by atoms with E-state index >= 15 is 0 Å². The SMILES string of the molecule is CCCCCCCCC/C=C/CC/C=C/C(O)C(COP(=O)(O)OCC[N+](C)(C)C)NC(=O)CCCCCCCCCCCCCCCCCCCCCCCCCCCCCC. The van der Waals surface area contributed by atoms with Crippen molar-refractivity contribution in [2.45, 2.75) is 276 Å². The second-order valence-electron chi connectivity index (χ2n) is 20.0. The Hall–Kier alpha value is -1.02. The lowest BCUT2D eigenvalue weighted by Gasteiger charge is -2.25. The summed E-state index contributed by atoms with van der Waals surface area (Å²) in [4.78, 5) is 23.2. The number of likely N-dealkylation sites (N-methyl/N-ethyl adjacent to an activating group) is 1. The number of allylic oxidation sites excluding steroid dienone is 3. The van der Waals surface area contributed by atoms with Crippen LogP contribution >= 0.6 is 7.82 Å². The summed E-state index contributed by atoms with van der Waals surface area (Å²) in [6, 6.07) is -0.858. The van der Waals surface area contributed by atoms with Crippen molar-refractivity contribution in [2.75, 3.05) is 40.9 Å². The Morgan fingerprint density at radius 1 is 0.524 bits per heavy atom. The van der Waals surface area contributed by atoms with Gasteiger partial charge in [0, 0.05) is 6.42 Å². The zero-order valence-corrected chi connectivity index (χ0v) is 43.5. The van der Waals surface area contributed by atoms with E-state index in [1.807, 2.05) is 27.2 Å². The number of unbranched alkanes of at least 4 members (excludes halogenated alkanes) is 35. The monoisotopic (exact) mass is 912 g/mol. The summed E-state index contributed by atoms with van der Waals surface area (Å²) in [5.41, 5.74) is 0. The molecule has 0 aliphatic rings. The summed E-state index contributed by atoms with van der Waals surface area (Å²) in [6.07, 6.45) is 57.1. The average molecular weight is 912 g/mol. The van der Waals surface area contributed by atoms with Crippen LogP contribution in [0, 0.1) is 0 Å². The van der Waals surface area contributed by atoms with E-state index in [0.29, 0.717) is 17.4 Å². The number of carbonyl (C=O) groups excluding carboxylic acids is 1. The summed E-state index contributed by atoms with van der Waals surface area (Å²) < 4.78 is 23.6. The normalized spacial score (nSPS) is 14.2. The maximum Gasteiger partial charge on any atom is 0.472 e. The molecule has 63 heavy (non-hydrogen) atoms. The Morgan fingerprint density at radius 3 is 1.27 bits per heavy atom. The van der Waals surface area contributed by atoms with Crippen LogP contribution in [0.5, 0.6) is 0 Å². The van der Waals surface area contributed by atoms with Crippen LogP contribution in [0.1, 0.15) is 264 Å². The number of nitrogens with zero attached hydrogens (tertiary/aromatic N) is 1. The topological polar surface area (TPSA) is 105 Å². The van der Waals surface area contributed by atoms with E-state index in [0.717, 1.165) is 38.5 Å². The van der Waals surface area contributed by atoms with Crippen molar-refractivity contribution in [1.82, 2.24) is 5.32 Å². The molecule has 0 fully saturated rings. The molecule has 374 valence electrons. The summed E-state index contributed by atoms with van der Waals surface area (Å²) >= 11 is 0. The summed E-state index contributed by atoms with van der Waals surface area (Å²) in [6.45, 7) is 4.81. The van der Waals surface area contributed by atoms with Crippen LogP contribution in [-0.4, -0.2) is 73.4 Å². The van der Waals surface area contributed by atoms with Gasteiger partial charge in [-0.05, 0) is 32.1 Å². The smallest absolute Gasteiger partial charge is 0.387 e. The van der Waals surface area contributed by atoms with Crippen molar-refractivity contribution in [2.24, 2.45) is 0 Å². The Balaban J connectivity index is 4.09. The van der Waals surface area contributed by atoms with E-state index in [2.05, 4.69) is 31.3 Å². The quantitative estimate of drug-likeness (QED) is 0.0243. The highest BCUT2D eigenvalue weighted by Crippen LogP contribution is 2.43. The molecule has 9 heteroatoms. The maximum absolute atomic E-state index is 12.9. The van der Waals surface area contributed by atoms with Crippen LogP contribution < -0.4 is 5.32 Å². The molecule has 1 amide bonds. The molecule has 0 aromatic rings. The van der Waals surface area contributed by atoms with Gasteiger partial charge in [-0.3, -0.25) is 13.8 Å². The first-order valence-electron chi connectivity index (χ1n) is 27.2. The predicted octanol–water partition coefficient (Wildman–Crippen LogP) is 16.0. The van der Waals surface area contributed by atoms with Gasteiger partial charge in [0.05, 0.1) is 39.9 Å². The molecule has 0 saturated heterocycles. The minimum Gasteiger partial charge on any atom is -0.387 e. The third kappa shape index (κ3) is 48.7. The molecule has 0 aliphatic heterocycles. The fourth-order valence-corrected chi connectivity index (χ4v) is 8.85. The molecular weight excluding hydrogens is 804 g/mol. The summed E-state index contributed by atoms with van der Waals surface area (Å²) in [5.74, 6) is -0.183. The second kappa shape index (κ2) is 46.1. The van der Waals surface area contributed by atoms with Crippen LogP contribution in [0.2, 0.25) is 0 Å². The third-order valence-electron chi connectivity index (χ3n) is 12.4. The van der Waals surface area contributed by atoms with Crippen molar-refractivity contribution in [3.05, 3.63) is 24.3 Å². The van der Waals surface area contributed by atoms with Gasteiger partial charge in [-0.15, -0.1) is 0 Å². The minimum absolute atomic E-state index is 0.0584. The van der Waals surface area contributed by atoms with Gasteiger partial charge in [-0.1, -0.05) is 250 Å². The molecule has 3 unspecified atom stereocenters. The Kier molecular flexibility index (Phi) is 45.4. The fraction of sp³-hybridized carbons (Fsp3) is 0.907. The summed E-state index contributed by atoms with van der Waals surface area (Å²) in [5, 5.41) is 13.8. The van der Waals surface area contributed by atoms with Gasteiger partial charge in [-0.2, -0.15) is 0 Å². The molecule has 0 bridgehead atoms. The molecular formula is C54H108N2O6P+. The van der Waals surface area contributed by atoms with E-state index in [4.69, 9.17) is 9.05 Å². The zero-order valence-electron chi connectivity index (χ0n) is 42.6. The van der Waals surface area contributed by atoms with Crippen molar-refractivity contribution < 1.29 is 32.9 Å². The Bertz CT molecular complexity index is 1080. The van der Waals surface area contributed by atoms with Crippen LogP contribution in [-0.2, 0) is 18.4 Å². The van der Waals surface area contributed by atoms with Crippen LogP contribution in [0.4, 0.5) is 0 Å². The predicted molar refractivity (Wildman–Crippen MR) is 272 cm³/mol. The van der Waals surface area contributed by atoms with Crippen molar-refractivity contribution in [1.29, 1.82) is 0 Å². The number of aliphatic hydroxyl groups is 1. The standard InChI is InChI=1S/C54H107N2O6P/c1-6-8-10-12-14-16-18-20-21-22-23-24-25-26-27-28-29-30-31-32-33-34-36-38-40-42-44-46-48-54(58)55-52(51-62-63(59,60)61-50-49-56(3,4)5)53(57)47-45-43-41-39-37-35-19-17-15-13-11-9-7-2/h37,39,45,47,52-53,57H,6-36,38,40-44,46,48-51H2,1-5H3,(H-,55,58,59,60)/p+1/b39-37+,47-45+. The molecule has 3 atom stereocenters. The van der Waals surface area contributed by atoms with Crippen LogP contribution in [0.25, 0.3) is 0 Å². The van der Waals surface area contributed by atoms with E-state index in [9.17, 15) is 19.4 Å². The highest BCUT2D eigenvalue weighted by Gasteiger charge is 2.27. The van der Waals surface area contributed by atoms with E-state index in [-0.39, 0.29) is 19.1 Å². The van der Waals surface area contributed by atoms with Crippen LogP contribution in [0.3, 0.4) is 0 Å². The average Bonchev–Trinajstić information content (AvgIpc) is 3.24. The lowest BCUT2D eigenvalue weighted by Crippen LogP contribution is -2.45. The van der Waals surface area contributed by atoms with Crippen molar-refractivity contribution in [3.8, 4) is 0 Å². The molecule has 0 spiro atoms. The van der Waals surface area contributed by atoms with Gasteiger partial charge < -0.3 is 19.8 Å². The van der Waals surface area contributed by atoms with Crippen molar-refractivity contribution in [3.63, 3.8) is 0 Å². The number of rotatable bonds is 50. The molecule has 0 saturated carbocycles. The Labute approximate surface area is 392 Å². The lowest BCUT2D eigenvalue weighted by atomic mass is 10.0. The second-order valence-corrected chi connectivity index (χ2v) is 21.4. The zero-order chi connectivity index (χ0) is 46.4. The molecule has 0 aromatic heterocycles. The number of phosphoric ester groups is 1. The number of carbonyl (C=O) groups is 1. The third-order valence-corrected chi connectivity index (χ3v) is 13.4. The van der Waals surface area contributed by atoms with E-state index < -0.39 is 20.0 Å². The summed E-state index contributed by atoms with van der Waals surface area (Å²) in [7, 11) is 1.56. The first-order valence-corrected chi connectivity index (χ1v) is 28.7. The minimum atomic E-state index is -4.34. The highest BCUT2D eigenvalue weighted by molar-refractivity contribution is 7.47. The van der Waals surface area contributed by atoms with Gasteiger partial charge in [0.15, 0.2) is 0 Å². The van der Waals surface area contributed by atoms with Gasteiger partial charge >= 0.3 is 7.82 Å². The molecule has 0 aromatic carbocycles. The number of quaternary nitrogens is 1. The molecule has 0 aliphatic carbocycles. The fourth-order valence-electron chi connectivity index (χ4n) is 8.12. The van der Waals surface area contributed by atoms with Gasteiger partial charge in [0.1, 0.15) is 13.2 Å². The van der Waals surface area contributed by atoms with Crippen LogP contribution in [0.15, 0.2) is 24.3 Å². The lowest BCUT2D eigenvalue weighted by molar-refractivity contribution is -0.870. The maximum atomic E-state index is 12.9. The van der Waals surface area contributed by atoms with Gasteiger partial charge in [-0.25, -0.2) is 4.57 Å². The van der Waals surface area contributed by atoms with E-state index in [1.165, 1.54) is 205 Å². The molecule has 0 radical (unpaired) electrons. The number of amides is 1. The molecule has 0 heterocycles. The number of phosphoric acid groups is 1. The first kappa shape index (κ1) is 62.0. The highest BCUT2D eigenvalue weighted by atomic mass is 31.2. The van der Waals surface area contributed by atoms with Crippen molar-refractivity contribution >= 4 is 13.7 Å². The molecule has 3 N–H and O–H groups in total. The van der Waals surface area contributed by atoms with Gasteiger partial charge in [0.25, 0.3) is 0 Å². The number of nitrogens with one attached hydrogen (secondary N) is 1. The number of hydrogen-bond donors (Lipinski definition) is 3. The Morgan fingerprint density at radius 2 is 0.873 bits per heavy atom. The molecule has 0 rings (SSSR count). The molecule has 8 nitrogen and oxygen atoms in total. The number of hydrogen-bond acceptors (Lipinski definition) is 5.